The molecule has 0 aliphatic heterocycles. The van der Waals surface area contributed by atoms with Gasteiger partial charge in [-0.2, -0.15) is 10.2 Å². The molecule has 0 radical (unpaired) electrons. The summed E-state index contributed by atoms with van der Waals surface area (Å²) in [6, 6.07) is 12.6. The maximum Gasteiger partial charge on any atom is 0.0991 e. The van der Waals surface area contributed by atoms with Crippen molar-refractivity contribution >= 4 is 0 Å². The monoisotopic (exact) mass is 279 g/mol. The van der Waals surface area contributed by atoms with Crippen molar-refractivity contribution in [3.63, 3.8) is 0 Å². The van der Waals surface area contributed by atoms with Gasteiger partial charge in [-0.15, -0.1) is 0 Å². The van der Waals surface area contributed by atoms with E-state index < -0.39 is 0 Å². The Morgan fingerprint density at radius 2 is 2.00 bits per heavy atom. The van der Waals surface area contributed by atoms with E-state index in [4.69, 9.17) is 0 Å². The Balaban J connectivity index is 1.64. The Bertz CT molecular complexity index is 662. The van der Waals surface area contributed by atoms with Crippen LogP contribution < -0.4 is 5.32 Å². The molecule has 106 valence electrons. The summed E-state index contributed by atoms with van der Waals surface area (Å²) in [5.74, 6) is 0. The number of imidazole rings is 1. The van der Waals surface area contributed by atoms with Crippen molar-refractivity contribution in [3.05, 3.63) is 72.6 Å². The lowest BCUT2D eigenvalue weighted by molar-refractivity contribution is 0.564. The molecule has 1 unspecified atom stereocenters. The van der Waals surface area contributed by atoms with Crippen molar-refractivity contribution in [2.24, 2.45) is 0 Å². The SMILES string of the molecule is CC(NCc1cccnn1)c1ccc(-n2ccnc2)cc1. The summed E-state index contributed by atoms with van der Waals surface area (Å²) >= 11 is 0. The maximum absolute atomic E-state index is 4.07. The van der Waals surface area contributed by atoms with Crippen molar-refractivity contribution in [2.75, 3.05) is 0 Å². The minimum absolute atomic E-state index is 0.254. The van der Waals surface area contributed by atoms with E-state index in [2.05, 4.69) is 51.7 Å². The molecule has 0 bridgehead atoms. The highest BCUT2D eigenvalue weighted by atomic mass is 15.1. The second kappa shape index (κ2) is 6.28. The fraction of sp³-hybridized carbons (Fsp3) is 0.188. The number of benzene rings is 1. The van der Waals surface area contributed by atoms with Crippen LogP contribution in [0.4, 0.5) is 0 Å². The van der Waals surface area contributed by atoms with Crippen LogP contribution in [0.3, 0.4) is 0 Å². The van der Waals surface area contributed by atoms with Gasteiger partial charge in [0.1, 0.15) is 0 Å². The summed E-state index contributed by atoms with van der Waals surface area (Å²) in [5, 5.41) is 11.4. The average Bonchev–Trinajstić information content (AvgIpc) is 3.08. The molecular weight excluding hydrogens is 262 g/mol. The smallest absolute Gasteiger partial charge is 0.0991 e. The molecular formula is C16H17N5. The largest absolute Gasteiger partial charge is 0.306 e. The number of nitrogens with one attached hydrogen (secondary N) is 1. The first-order chi connectivity index (χ1) is 10.3. The number of hydrogen-bond donors (Lipinski definition) is 1. The molecule has 3 rings (SSSR count). The minimum atomic E-state index is 0.254. The number of rotatable bonds is 5. The van der Waals surface area contributed by atoms with Gasteiger partial charge in [0.05, 0.1) is 12.0 Å². The zero-order valence-corrected chi connectivity index (χ0v) is 11.8. The molecule has 0 fully saturated rings. The van der Waals surface area contributed by atoms with Gasteiger partial charge in [-0.1, -0.05) is 12.1 Å². The lowest BCUT2D eigenvalue weighted by Crippen LogP contribution is -2.18. The van der Waals surface area contributed by atoms with Crippen molar-refractivity contribution in [1.29, 1.82) is 0 Å². The summed E-state index contributed by atoms with van der Waals surface area (Å²) in [5.41, 5.74) is 3.29. The molecule has 0 aliphatic carbocycles. The van der Waals surface area contributed by atoms with Gasteiger partial charge in [-0.25, -0.2) is 4.98 Å². The first kappa shape index (κ1) is 13.5. The third kappa shape index (κ3) is 3.32. The van der Waals surface area contributed by atoms with Gasteiger partial charge in [0.25, 0.3) is 0 Å². The van der Waals surface area contributed by atoms with Crippen LogP contribution in [0.5, 0.6) is 0 Å². The highest BCUT2D eigenvalue weighted by Crippen LogP contribution is 2.16. The lowest BCUT2D eigenvalue weighted by Gasteiger charge is -2.14. The van der Waals surface area contributed by atoms with E-state index in [0.29, 0.717) is 6.54 Å². The highest BCUT2D eigenvalue weighted by Gasteiger charge is 2.05. The average molecular weight is 279 g/mol. The molecule has 21 heavy (non-hydrogen) atoms. The number of nitrogens with zero attached hydrogens (tertiary/aromatic N) is 4. The molecule has 1 aromatic carbocycles. The van der Waals surface area contributed by atoms with Gasteiger partial charge < -0.3 is 9.88 Å². The Morgan fingerprint density at radius 3 is 2.67 bits per heavy atom. The summed E-state index contributed by atoms with van der Waals surface area (Å²) in [7, 11) is 0. The summed E-state index contributed by atoms with van der Waals surface area (Å²) in [4.78, 5) is 4.06. The minimum Gasteiger partial charge on any atom is -0.306 e. The van der Waals surface area contributed by atoms with Gasteiger partial charge >= 0.3 is 0 Å². The van der Waals surface area contributed by atoms with Crippen LogP contribution in [-0.4, -0.2) is 19.7 Å². The quantitative estimate of drug-likeness (QED) is 0.779. The van der Waals surface area contributed by atoms with Crippen molar-refractivity contribution in [1.82, 2.24) is 25.1 Å². The fourth-order valence-electron chi connectivity index (χ4n) is 2.15. The Morgan fingerprint density at radius 1 is 1.14 bits per heavy atom. The van der Waals surface area contributed by atoms with Gasteiger partial charge in [-0.05, 0) is 36.8 Å². The molecule has 1 N–H and O–H groups in total. The van der Waals surface area contributed by atoms with Gasteiger partial charge in [0.15, 0.2) is 0 Å². The summed E-state index contributed by atoms with van der Waals surface area (Å²) in [6.07, 6.45) is 7.19. The van der Waals surface area contributed by atoms with Gasteiger partial charge in [0.2, 0.25) is 0 Å². The Labute approximate surface area is 123 Å². The van der Waals surface area contributed by atoms with E-state index in [1.54, 1.807) is 18.7 Å². The highest BCUT2D eigenvalue weighted by molar-refractivity contribution is 5.35. The second-order valence-electron chi connectivity index (χ2n) is 4.88. The van der Waals surface area contributed by atoms with Crippen LogP contribution in [0.1, 0.15) is 24.2 Å². The van der Waals surface area contributed by atoms with Crippen molar-refractivity contribution < 1.29 is 0 Å². The second-order valence-corrected chi connectivity index (χ2v) is 4.88. The molecule has 1 atom stereocenters. The van der Waals surface area contributed by atoms with E-state index >= 15 is 0 Å². The Kier molecular flexibility index (Phi) is 4.02. The third-order valence-corrected chi connectivity index (χ3v) is 3.41. The molecule has 2 heterocycles. The van der Waals surface area contributed by atoms with Gasteiger partial charge in [-0.3, -0.25) is 0 Å². The van der Waals surface area contributed by atoms with E-state index in [1.165, 1.54) is 5.56 Å². The molecule has 0 aliphatic rings. The van der Waals surface area contributed by atoms with Crippen molar-refractivity contribution in [3.8, 4) is 5.69 Å². The standard InChI is InChI=1S/C16H17N5/c1-13(18-11-15-3-2-8-19-20-15)14-4-6-16(7-5-14)21-10-9-17-12-21/h2-10,12-13,18H,11H2,1H3. The van der Waals surface area contributed by atoms with Crippen molar-refractivity contribution in [2.45, 2.75) is 19.5 Å². The predicted molar refractivity (Wildman–Crippen MR) is 80.9 cm³/mol. The molecule has 3 aromatic rings. The Hall–Kier alpha value is -2.53. The normalized spacial score (nSPS) is 12.2. The van der Waals surface area contributed by atoms with Crippen LogP contribution in [0, 0.1) is 0 Å². The first-order valence-corrected chi connectivity index (χ1v) is 6.91. The zero-order valence-electron chi connectivity index (χ0n) is 11.8. The van der Waals surface area contributed by atoms with Crippen LogP contribution in [0.15, 0.2) is 61.3 Å². The lowest BCUT2D eigenvalue weighted by atomic mass is 10.1. The van der Waals surface area contributed by atoms with Crippen LogP contribution in [0.25, 0.3) is 5.69 Å². The zero-order chi connectivity index (χ0) is 14.5. The summed E-state index contributed by atoms with van der Waals surface area (Å²) < 4.78 is 1.99. The molecule has 0 saturated carbocycles. The van der Waals surface area contributed by atoms with Gasteiger partial charge in [0, 0.05) is 36.9 Å². The molecule has 5 heteroatoms. The molecule has 2 aromatic heterocycles. The van der Waals surface area contributed by atoms with E-state index in [9.17, 15) is 0 Å². The number of aromatic nitrogens is 4. The first-order valence-electron chi connectivity index (χ1n) is 6.91. The van der Waals surface area contributed by atoms with E-state index in [1.807, 2.05) is 22.9 Å². The number of hydrogen-bond acceptors (Lipinski definition) is 4. The topological polar surface area (TPSA) is 55.6 Å². The van der Waals surface area contributed by atoms with Crippen LogP contribution in [-0.2, 0) is 6.54 Å². The van der Waals surface area contributed by atoms with Crippen LogP contribution in [0.2, 0.25) is 0 Å². The predicted octanol–water partition coefficient (Wildman–Crippen LogP) is 2.51. The van der Waals surface area contributed by atoms with E-state index in [0.717, 1.165) is 11.4 Å². The third-order valence-electron chi connectivity index (χ3n) is 3.41. The molecule has 0 amide bonds. The molecule has 5 nitrogen and oxygen atoms in total. The van der Waals surface area contributed by atoms with Crippen LogP contribution >= 0.6 is 0 Å². The summed E-state index contributed by atoms with van der Waals surface area (Å²) in [6.45, 7) is 2.85. The fourth-order valence-corrected chi connectivity index (χ4v) is 2.15. The molecule has 0 saturated heterocycles. The molecule has 0 spiro atoms. The maximum atomic E-state index is 4.07. The van der Waals surface area contributed by atoms with E-state index in [-0.39, 0.29) is 6.04 Å².